The Labute approximate surface area is 129 Å². The lowest BCUT2D eigenvalue weighted by atomic mass is 10.1. The molecule has 0 spiro atoms. The Morgan fingerprint density at radius 1 is 1.23 bits per heavy atom. The highest BCUT2D eigenvalue weighted by Crippen LogP contribution is 2.09. The van der Waals surface area contributed by atoms with E-state index in [0.717, 1.165) is 5.56 Å². The van der Waals surface area contributed by atoms with E-state index in [1.165, 1.54) is 0 Å². The molecule has 116 valence electrons. The van der Waals surface area contributed by atoms with Gasteiger partial charge in [-0.05, 0) is 50.6 Å². The third-order valence-electron chi connectivity index (χ3n) is 2.90. The van der Waals surface area contributed by atoms with Crippen LogP contribution in [0.5, 0.6) is 0 Å². The summed E-state index contributed by atoms with van der Waals surface area (Å²) < 4.78 is 5.16. The van der Waals surface area contributed by atoms with Crippen molar-refractivity contribution in [3.8, 4) is 0 Å². The molecule has 0 aliphatic rings. The van der Waals surface area contributed by atoms with Gasteiger partial charge in [0.2, 0.25) is 0 Å². The second-order valence-corrected chi connectivity index (χ2v) is 6.23. The molecule has 22 heavy (non-hydrogen) atoms. The van der Waals surface area contributed by atoms with Gasteiger partial charge in [0.25, 0.3) is 5.91 Å². The quantitative estimate of drug-likeness (QED) is 0.921. The summed E-state index contributed by atoms with van der Waals surface area (Å²) >= 11 is 0. The van der Waals surface area contributed by atoms with E-state index < -0.39 is 0 Å². The molecule has 0 aliphatic heterocycles. The monoisotopic (exact) mass is 300 g/mol. The van der Waals surface area contributed by atoms with E-state index in [0.29, 0.717) is 11.5 Å². The van der Waals surface area contributed by atoms with Gasteiger partial charge in [0, 0.05) is 18.2 Å². The number of nitrogens with zero attached hydrogens (tertiary/aromatic N) is 1. The van der Waals surface area contributed by atoms with Crippen molar-refractivity contribution < 1.29 is 14.0 Å². The number of pyridine rings is 1. The largest absolute Gasteiger partial charge is 0.469 e. The first kappa shape index (κ1) is 15.9. The van der Waals surface area contributed by atoms with Crippen LogP contribution in [0.2, 0.25) is 0 Å². The van der Waals surface area contributed by atoms with E-state index in [4.69, 9.17) is 4.42 Å². The predicted octanol–water partition coefficient (Wildman–Crippen LogP) is 2.56. The fourth-order valence-electron chi connectivity index (χ4n) is 2.01. The van der Waals surface area contributed by atoms with E-state index >= 15 is 0 Å². The molecule has 2 rings (SSSR count). The molecule has 0 aliphatic carbocycles. The molecule has 1 N–H and O–H groups in total. The first-order chi connectivity index (χ1) is 10.3. The number of ketones is 1. The minimum absolute atomic E-state index is 0.0309. The summed E-state index contributed by atoms with van der Waals surface area (Å²) in [6, 6.07) is 6.92. The summed E-state index contributed by atoms with van der Waals surface area (Å²) in [4.78, 5) is 28.2. The second-order valence-electron chi connectivity index (χ2n) is 6.23. The molecule has 0 aromatic carbocycles. The number of hydrogen-bond donors (Lipinski definition) is 1. The van der Waals surface area contributed by atoms with Gasteiger partial charge in [0.05, 0.1) is 12.7 Å². The van der Waals surface area contributed by atoms with Gasteiger partial charge in [-0.1, -0.05) is 0 Å². The van der Waals surface area contributed by atoms with Crippen LogP contribution in [0.1, 0.15) is 42.6 Å². The molecule has 0 saturated heterocycles. The average molecular weight is 300 g/mol. The van der Waals surface area contributed by atoms with Crippen LogP contribution in [0, 0.1) is 0 Å². The highest BCUT2D eigenvalue weighted by Gasteiger charge is 2.17. The molecule has 5 heteroatoms. The van der Waals surface area contributed by atoms with E-state index in [-0.39, 0.29) is 30.1 Å². The number of nitrogens with one attached hydrogen (secondary N) is 1. The van der Waals surface area contributed by atoms with Crippen LogP contribution in [-0.4, -0.2) is 22.2 Å². The minimum Gasteiger partial charge on any atom is -0.469 e. The molecule has 0 radical (unpaired) electrons. The van der Waals surface area contributed by atoms with Crippen LogP contribution >= 0.6 is 0 Å². The van der Waals surface area contributed by atoms with Crippen LogP contribution in [-0.2, 0) is 17.6 Å². The number of aromatic nitrogens is 1. The Hall–Kier alpha value is -2.43. The van der Waals surface area contributed by atoms with Crippen molar-refractivity contribution in [2.75, 3.05) is 0 Å². The van der Waals surface area contributed by atoms with Gasteiger partial charge >= 0.3 is 0 Å². The number of carbonyl (C=O) groups is 2. The summed E-state index contributed by atoms with van der Waals surface area (Å²) in [7, 11) is 0. The third-order valence-corrected chi connectivity index (χ3v) is 2.90. The van der Waals surface area contributed by atoms with Crippen LogP contribution in [0.15, 0.2) is 41.1 Å². The van der Waals surface area contributed by atoms with Crippen molar-refractivity contribution in [1.82, 2.24) is 10.3 Å². The summed E-state index contributed by atoms with van der Waals surface area (Å²) in [5.41, 5.74) is 0.757. The normalized spacial score (nSPS) is 11.2. The Bertz CT molecular complexity index is 655. The highest BCUT2D eigenvalue weighted by molar-refractivity contribution is 5.93. The Balaban J connectivity index is 2.02. The molecule has 2 aromatic heterocycles. The van der Waals surface area contributed by atoms with E-state index in [9.17, 15) is 9.59 Å². The van der Waals surface area contributed by atoms with Gasteiger partial charge < -0.3 is 9.73 Å². The lowest BCUT2D eigenvalue weighted by Crippen LogP contribution is -2.40. The number of Topliss-reactive ketones (excluding diaryl/α,β-unsaturated/α-hetero) is 1. The summed E-state index contributed by atoms with van der Waals surface area (Å²) in [5.74, 6) is 0.431. The lowest BCUT2D eigenvalue weighted by Gasteiger charge is -2.20. The molecular weight excluding hydrogens is 280 g/mol. The summed E-state index contributed by atoms with van der Waals surface area (Å²) in [6.45, 7) is 5.71. The van der Waals surface area contributed by atoms with Gasteiger partial charge in [-0.2, -0.15) is 0 Å². The van der Waals surface area contributed by atoms with Crippen molar-refractivity contribution in [3.05, 3.63) is 53.7 Å². The van der Waals surface area contributed by atoms with E-state index in [1.807, 2.05) is 20.8 Å². The molecule has 0 unspecified atom stereocenters. The smallest absolute Gasteiger partial charge is 0.270 e. The molecule has 0 fully saturated rings. The first-order valence-corrected chi connectivity index (χ1v) is 7.15. The van der Waals surface area contributed by atoms with E-state index in [2.05, 4.69) is 10.3 Å². The topological polar surface area (TPSA) is 72.2 Å². The van der Waals surface area contributed by atoms with Gasteiger partial charge in [-0.3, -0.25) is 14.6 Å². The molecular formula is C17H20N2O3. The maximum absolute atomic E-state index is 12.1. The van der Waals surface area contributed by atoms with Crippen LogP contribution in [0.4, 0.5) is 0 Å². The third kappa shape index (κ3) is 4.84. The Morgan fingerprint density at radius 3 is 2.64 bits per heavy atom. The fourth-order valence-corrected chi connectivity index (χ4v) is 2.01. The number of rotatable bonds is 5. The maximum Gasteiger partial charge on any atom is 0.270 e. The molecule has 5 nitrogen and oxygen atoms in total. The lowest BCUT2D eigenvalue weighted by molar-refractivity contribution is -0.118. The predicted molar refractivity (Wildman–Crippen MR) is 82.6 cm³/mol. The van der Waals surface area contributed by atoms with Crippen molar-refractivity contribution in [3.63, 3.8) is 0 Å². The van der Waals surface area contributed by atoms with Crippen molar-refractivity contribution in [1.29, 1.82) is 0 Å². The maximum atomic E-state index is 12.1. The zero-order chi connectivity index (χ0) is 16.2. The Morgan fingerprint density at radius 2 is 2.00 bits per heavy atom. The van der Waals surface area contributed by atoms with Gasteiger partial charge in [-0.15, -0.1) is 0 Å². The van der Waals surface area contributed by atoms with Gasteiger partial charge in [-0.25, -0.2) is 0 Å². The number of hydrogen-bond acceptors (Lipinski definition) is 4. The number of amides is 1. The van der Waals surface area contributed by atoms with Gasteiger partial charge in [0.15, 0.2) is 0 Å². The van der Waals surface area contributed by atoms with Crippen LogP contribution in [0.3, 0.4) is 0 Å². The number of carbonyl (C=O) groups excluding carboxylic acids is 2. The SMILES string of the molecule is CC(C)(C)NC(=O)c1cc(CC(=O)Cc2ccco2)ccn1. The zero-order valence-electron chi connectivity index (χ0n) is 13.1. The highest BCUT2D eigenvalue weighted by atomic mass is 16.3. The molecule has 0 bridgehead atoms. The van der Waals surface area contributed by atoms with Crippen molar-refractivity contribution in [2.45, 2.75) is 39.2 Å². The van der Waals surface area contributed by atoms with Crippen LogP contribution in [0.25, 0.3) is 0 Å². The average Bonchev–Trinajstić information content (AvgIpc) is 2.89. The number of furan rings is 1. The molecule has 0 saturated carbocycles. The molecule has 0 atom stereocenters. The zero-order valence-corrected chi connectivity index (χ0v) is 13.1. The van der Waals surface area contributed by atoms with Crippen molar-refractivity contribution in [2.24, 2.45) is 0 Å². The standard InChI is InChI=1S/C17H20N2O3/c1-17(2,3)19-16(21)15-10-12(6-7-18-15)9-13(20)11-14-5-4-8-22-14/h4-8,10H,9,11H2,1-3H3,(H,19,21). The summed E-state index contributed by atoms with van der Waals surface area (Å²) in [5, 5.41) is 2.85. The molecule has 2 heterocycles. The fraction of sp³-hybridized carbons (Fsp3) is 0.353. The van der Waals surface area contributed by atoms with Gasteiger partial charge in [0.1, 0.15) is 17.2 Å². The summed E-state index contributed by atoms with van der Waals surface area (Å²) in [6.07, 6.45) is 3.59. The van der Waals surface area contributed by atoms with E-state index in [1.54, 1.807) is 36.7 Å². The second kappa shape index (κ2) is 6.56. The first-order valence-electron chi connectivity index (χ1n) is 7.15. The van der Waals surface area contributed by atoms with Crippen molar-refractivity contribution >= 4 is 11.7 Å². The molecule has 1 amide bonds. The minimum atomic E-state index is -0.329. The Kier molecular flexibility index (Phi) is 4.75. The van der Waals surface area contributed by atoms with Crippen LogP contribution < -0.4 is 5.32 Å². The molecule has 2 aromatic rings.